The summed E-state index contributed by atoms with van der Waals surface area (Å²) in [7, 11) is 1.67. The Morgan fingerprint density at radius 2 is 2.27 bits per heavy atom. The second-order valence-corrected chi connectivity index (χ2v) is 3.52. The molecule has 15 heavy (non-hydrogen) atoms. The molecule has 0 amide bonds. The Bertz CT molecular complexity index is 448. The standard InChI is InChI=1S/C12H15NO2/c1-15-11-6-2-5-10-9(4-3-7-14)8-13-12(10)11/h2,5-6,8,13-14H,3-4,7H2,1H3. The average molecular weight is 205 g/mol. The summed E-state index contributed by atoms with van der Waals surface area (Å²) in [6.45, 7) is 0.233. The normalized spacial score (nSPS) is 10.8. The third-order valence-electron chi connectivity index (χ3n) is 2.59. The predicted molar refractivity (Wildman–Crippen MR) is 60.3 cm³/mol. The summed E-state index contributed by atoms with van der Waals surface area (Å²) in [6, 6.07) is 5.99. The quantitative estimate of drug-likeness (QED) is 0.802. The molecule has 2 N–H and O–H groups in total. The van der Waals surface area contributed by atoms with Gasteiger partial charge >= 0.3 is 0 Å². The average Bonchev–Trinajstić information content (AvgIpc) is 2.69. The van der Waals surface area contributed by atoms with Gasteiger partial charge in [0.05, 0.1) is 12.6 Å². The van der Waals surface area contributed by atoms with Crippen LogP contribution in [0.1, 0.15) is 12.0 Å². The molecule has 0 aliphatic carbocycles. The van der Waals surface area contributed by atoms with E-state index in [0.29, 0.717) is 0 Å². The van der Waals surface area contributed by atoms with E-state index in [2.05, 4.69) is 11.1 Å². The van der Waals surface area contributed by atoms with Crippen LogP contribution in [0.25, 0.3) is 10.9 Å². The summed E-state index contributed by atoms with van der Waals surface area (Å²) in [5.41, 5.74) is 2.27. The third-order valence-corrected chi connectivity index (χ3v) is 2.59. The number of aromatic amines is 1. The van der Waals surface area contributed by atoms with Crippen LogP contribution >= 0.6 is 0 Å². The van der Waals surface area contributed by atoms with Crippen LogP contribution in [0.2, 0.25) is 0 Å². The minimum Gasteiger partial charge on any atom is -0.495 e. The van der Waals surface area contributed by atoms with E-state index in [9.17, 15) is 0 Å². The number of aliphatic hydroxyl groups excluding tert-OH is 1. The van der Waals surface area contributed by atoms with Gasteiger partial charge in [0, 0.05) is 18.2 Å². The van der Waals surface area contributed by atoms with Crippen LogP contribution in [0.3, 0.4) is 0 Å². The monoisotopic (exact) mass is 205 g/mol. The highest BCUT2D eigenvalue weighted by Crippen LogP contribution is 2.27. The predicted octanol–water partition coefficient (Wildman–Crippen LogP) is 2.10. The van der Waals surface area contributed by atoms with E-state index in [1.54, 1.807) is 7.11 Å². The molecule has 0 unspecified atom stereocenters. The Labute approximate surface area is 88.7 Å². The molecule has 80 valence electrons. The lowest BCUT2D eigenvalue weighted by molar-refractivity contribution is 0.289. The van der Waals surface area contributed by atoms with Gasteiger partial charge in [-0.3, -0.25) is 0 Å². The first-order valence-electron chi connectivity index (χ1n) is 5.10. The zero-order valence-corrected chi connectivity index (χ0v) is 8.79. The second-order valence-electron chi connectivity index (χ2n) is 3.52. The molecule has 3 nitrogen and oxygen atoms in total. The smallest absolute Gasteiger partial charge is 0.142 e. The molecule has 0 aliphatic heterocycles. The molecule has 2 aromatic rings. The number of methoxy groups -OCH3 is 1. The number of rotatable bonds is 4. The summed E-state index contributed by atoms with van der Waals surface area (Å²) in [5.74, 6) is 0.864. The first-order valence-corrected chi connectivity index (χ1v) is 5.10. The summed E-state index contributed by atoms with van der Waals surface area (Å²) in [6.07, 6.45) is 3.68. The molecule has 2 rings (SSSR count). The van der Waals surface area contributed by atoms with E-state index in [-0.39, 0.29) is 6.61 Å². The summed E-state index contributed by atoms with van der Waals surface area (Å²) in [5, 5.41) is 9.99. The minimum atomic E-state index is 0.233. The molecule has 0 radical (unpaired) electrons. The van der Waals surface area contributed by atoms with Crippen LogP contribution in [-0.4, -0.2) is 23.8 Å². The zero-order chi connectivity index (χ0) is 10.7. The lowest BCUT2D eigenvalue weighted by Gasteiger charge is -2.01. The van der Waals surface area contributed by atoms with E-state index in [0.717, 1.165) is 24.1 Å². The van der Waals surface area contributed by atoms with Gasteiger partial charge in [-0.25, -0.2) is 0 Å². The van der Waals surface area contributed by atoms with Crippen LogP contribution < -0.4 is 4.74 Å². The SMILES string of the molecule is COc1cccc2c(CCCO)c[nH]c12. The van der Waals surface area contributed by atoms with Crippen molar-refractivity contribution in [2.75, 3.05) is 13.7 Å². The molecule has 3 heteroatoms. The van der Waals surface area contributed by atoms with Gasteiger partial charge in [-0.05, 0) is 24.5 Å². The highest BCUT2D eigenvalue weighted by Gasteiger charge is 2.06. The number of aliphatic hydroxyl groups is 1. The minimum absolute atomic E-state index is 0.233. The molecule has 0 saturated carbocycles. The van der Waals surface area contributed by atoms with Gasteiger partial charge in [0.15, 0.2) is 0 Å². The number of H-pyrrole nitrogens is 1. The number of benzene rings is 1. The van der Waals surface area contributed by atoms with Gasteiger partial charge in [-0.2, -0.15) is 0 Å². The maximum Gasteiger partial charge on any atom is 0.142 e. The zero-order valence-electron chi connectivity index (χ0n) is 8.79. The van der Waals surface area contributed by atoms with Crippen molar-refractivity contribution in [2.45, 2.75) is 12.8 Å². The maximum absolute atomic E-state index is 8.80. The number of fused-ring (bicyclic) bond motifs is 1. The lowest BCUT2D eigenvalue weighted by atomic mass is 10.1. The van der Waals surface area contributed by atoms with Gasteiger partial charge in [0.1, 0.15) is 5.75 Å². The number of hydrogen-bond acceptors (Lipinski definition) is 2. The first-order chi connectivity index (χ1) is 7.36. The molecule has 0 atom stereocenters. The van der Waals surface area contributed by atoms with Crippen LogP contribution in [0.5, 0.6) is 5.75 Å². The van der Waals surface area contributed by atoms with E-state index < -0.39 is 0 Å². The highest BCUT2D eigenvalue weighted by molar-refractivity contribution is 5.88. The topological polar surface area (TPSA) is 45.2 Å². The molecular weight excluding hydrogens is 190 g/mol. The fraction of sp³-hybridized carbons (Fsp3) is 0.333. The van der Waals surface area contributed by atoms with Crippen molar-refractivity contribution in [3.63, 3.8) is 0 Å². The number of aryl methyl sites for hydroxylation is 1. The van der Waals surface area contributed by atoms with Crippen molar-refractivity contribution in [2.24, 2.45) is 0 Å². The third kappa shape index (κ3) is 1.83. The van der Waals surface area contributed by atoms with E-state index in [1.807, 2.05) is 18.3 Å². The Balaban J connectivity index is 2.42. The van der Waals surface area contributed by atoms with Gasteiger partial charge in [-0.15, -0.1) is 0 Å². The molecule has 1 aromatic heterocycles. The van der Waals surface area contributed by atoms with Crippen molar-refractivity contribution >= 4 is 10.9 Å². The van der Waals surface area contributed by atoms with Crippen molar-refractivity contribution in [1.29, 1.82) is 0 Å². The molecule has 0 spiro atoms. The van der Waals surface area contributed by atoms with Crippen molar-refractivity contribution < 1.29 is 9.84 Å². The molecular formula is C12H15NO2. The van der Waals surface area contributed by atoms with Crippen LogP contribution in [-0.2, 0) is 6.42 Å². The number of hydrogen-bond donors (Lipinski definition) is 2. The summed E-state index contributed by atoms with van der Waals surface area (Å²) in [4.78, 5) is 3.21. The van der Waals surface area contributed by atoms with Crippen molar-refractivity contribution in [3.8, 4) is 5.75 Å². The molecule has 0 saturated heterocycles. The summed E-state index contributed by atoms with van der Waals surface area (Å²) < 4.78 is 5.26. The van der Waals surface area contributed by atoms with Crippen LogP contribution in [0.15, 0.2) is 24.4 Å². The Hall–Kier alpha value is -1.48. The molecule has 0 bridgehead atoms. The van der Waals surface area contributed by atoms with Crippen LogP contribution in [0.4, 0.5) is 0 Å². The summed E-state index contributed by atoms with van der Waals surface area (Å²) >= 11 is 0. The number of ether oxygens (including phenoxy) is 1. The van der Waals surface area contributed by atoms with E-state index >= 15 is 0 Å². The van der Waals surface area contributed by atoms with E-state index in [4.69, 9.17) is 9.84 Å². The van der Waals surface area contributed by atoms with Gasteiger partial charge in [-0.1, -0.05) is 12.1 Å². The molecule has 0 aliphatic rings. The Morgan fingerprint density at radius 3 is 3.00 bits per heavy atom. The first kappa shape index (κ1) is 10.1. The molecule has 1 heterocycles. The highest BCUT2D eigenvalue weighted by atomic mass is 16.5. The van der Waals surface area contributed by atoms with E-state index in [1.165, 1.54) is 10.9 Å². The second kappa shape index (κ2) is 4.36. The van der Waals surface area contributed by atoms with Crippen molar-refractivity contribution in [1.82, 2.24) is 4.98 Å². The number of para-hydroxylation sites is 1. The van der Waals surface area contributed by atoms with Gasteiger partial charge in [0.25, 0.3) is 0 Å². The molecule has 1 aromatic carbocycles. The van der Waals surface area contributed by atoms with Crippen molar-refractivity contribution in [3.05, 3.63) is 30.0 Å². The Kier molecular flexibility index (Phi) is 2.92. The van der Waals surface area contributed by atoms with Gasteiger partial charge < -0.3 is 14.8 Å². The fourth-order valence-electron chi connectivity index (χ4n) is 1.83. The maximum atomic E-state index is 8.80. The number of nitrogens with one attached hydrogen (secondary N) is 1. The molecule has 0 fully saturated rings. The Morgan fingerprint density at radius 1 is 1.40 bits per heavy atom. The number of aromatic nitrogens is 1. The lowest BCUT2D eigenvalue weighted by Crippen LogP contribution is -1.88. The van der Waals surface area contributed by atoms with Crippen LogP contribution in [0, 0.1) is 0 Å². The fourth-order valence-corrected chi connectivity index (χ4v) is 1.83. The van der Waals surface area contributed by atoms with Gasteiger partial charge in [0.2, 0.25) is 0 Å². The largest absolute Gasteiger partial charge is 0.495 e.